The van der Waals surface area contributed by atoms with E-state index >= 15 is 0 Å². The van der Waals surface area contributed by atoms with Crippen molar-refractivity contribution in [3.05, 3.63) is 134 Å². The predicted octanol–water partition coefficient (Wildman–Crippen LogP) is 9.68. The summed E-state index contributed by atoms with van der Waals surface area (Å²) in [5.41, 5.74) is 8.26. The molecule has 0 aromatic heterocycles. The van der Waals surface area contributed by atoms with Gasteiger partial charge in [0.1, 0.15) is 12.4 Å². The molecule has 2 aliphatic rings. The van der Waals surface area contributed by atoms with Crippen LogP contribution in [0.1, 0.15) is 46.2 Å². The predicted molar refractivity (Wildman–Crippen MR) is 164 cm³/mol. The second kappa shape index (κ2) is 10.9. The van der Waals surface area contributed by atoms with Crippen LogP contribution in [0.5, 0.6) is 5.75 Å². The minimum atomic E-state index is 0.284. The minimum Gasteiger partial charge on any atom is -0.488 e. The highest BCUT2D eigenvalue weighted by atomic mass is 79.9. The third-order valence-electron chi connectivity index (χ3n) is 7.40. The molecule has 0 saturated heterocycles. The molecule has 0 bridgehead atoms. The molecule has 3 atom stereocenters. The second-order valence-corrected chi connectivity index (χ2v) is 11.8. The number of benzene rings is 4. The Morgan fingerprint density at radius 2 is 1.71 bits per heavy atom. The summed E-state index contributed by atoms with van der Waals surface area (Å²) in [4.78, 5) is 4.78. The number of hydrogen-bond acceptors (Lipinski definition) is 3. The van der Waals surface area contributed by atoms with Crippen molar-refractivity contribution in [2.75, 3.05) is 5.32 Å². The van der Waals surface area contributed by atoms with Gasteiger partial charge in [-0.05, 0) is 84.5 Å². The Balaban J connectivity index is 1.19. The molecule has 1 aliphatic heterocycles. The Morgan fingerprint density at radius 1 is 0.921 bits per heavy atom. The zero-order chi connectivity index (χ0) is 26.1. The van der Waals surface area contributed by atoms with Crippen LogP contribution < -0.4 is 10.1 Å². The summed E-state index contributed by atoms with van der Waals surface area (Å²) in [6.45, 7) is 2.67. The Hall–Kier alpha value is -3.15. The van der Waals surface area contributed by atoms with Gasteiger partial charge in [0.2, 0.25) is 0 Å². The molecule has 5 heteroatoms. The van der Waals surface area contributed by atoms with E-state index in [1.54, 1.807) is 0 Å². The largest absolute Gasteiger partial charge is 0.488 e. The molecule has 4 aromatic carbocycles. The number of fused-ring (bicyclic) bond motifs is 3. The smallest absolute Gasteiger partial charge is 0.128 e. The first-order valence-electron chi connectivity index (χ1n) is 12.9. The SMILES string of the molecule is Cc1ccc2c(c1)[C@@H]1C=CC[C@@H]1[C@@H](c1ccc(N=Cc3cc(Br)ccc3OCc3ccc(Br)cc3)cc1)N2. The van der Waals surface area contributed by atoms with Gasteiger partial charge in [0.15, 0.2) is 0 Å². The van der Waals surface area contributed by atoms with Crippen molar-refractivity contribution in [1.82, 2.24) is 0 Å². The molecule has 190 valence electrons. The number of aryl methyl sites for hydroxylation is 1. The normalized spacial score (nSPS) is 19.7. The van der Waals surface area contributed by atoms with Crippen LogP contribution in [0, 0.1) is 12.8 Å². The topological polar surface area (TPSA) is 33.6 Å². The number of ether oxygens (including phenoxy) is 1. The molecule has 38 heavy (non-hydrogen) atoms. The lowest BCUT2D eigenvalue weighted by Crippen LogP contribution is -2.29. The molecule has 1 N–H and O–H groups in total. The van der Waals surface area contributed by atoms with Gasteiger partial charge >= 0.3 is 0 Å². The summed E-state index contributed by atoms with van der Waals surface area (Å²) in [5.74, 6) is 1.81. The monoisotopic (exact) mass is 626 g/mol. The van der Waals surface area contributed by atoms with E-state index in [1.807, 2.05) is 36.5 Å². The summed E-state index contributed by atoms with van der Waals surface area (Å²) in [5, 5.41) is 3.83. The van der Waals surface area contributed by atoms with Crippen molar-refractivity contribution in [3.8, 4) is 5.75 Å². The highest BCUT2D eigenvalue weighted by molar-refractivity contribution is 9.10. The van der Waals surface area contributed by atoms with E-state index in [-0.39, 0.29) is 6.04 Å². The van der Waals surface area contributed by atoms with Gasteiger partial charge in [-0.25, -0.2) is 0 Å². The standard InChI is InChI=1S/C33H28Br2N2O/c1-21-5-15-31-30(17-21)28-3-2-4-29(28)33(37-31)23-8-13-27(14-9-23)36-19-24-18-26(35)12-16-32(24)38-20-22-6-10-25(34)11-7-22/h2-3,5-19,28-29,33,37H,4,20H2,1H3/t28-,29+,33-/m1/s1. The average molecular weight is 628 g/mol. The maximum absolute atomic E-state index is 6.14. The number of nitrogens with zero attached hydrogens (tertiary/aromatic N) is 1. The number of anilines is 1. The highest BCUT2D eigenvalue weighted by Crippen LogP contribution is 2.50. The summed E-state index contributed by atoms with van der Waals surface area (Å²) >= 11 is 7.07. The van der Waals surface area contributed by atoms with E-state index in [0.29, 0.717) is 18.4 Å². The minimum absolute atomic E-state index is 0.284. The summed E-state index contributed by atoms with van der Waals surface area (Å²) in [6.07, 6.45) is 7.71. The Kier molecular flexibility index (Phi) is 7.22. The zero-order valence-electron chi connectivity index (χ0n) is 21.1. The van der Waals surface area contributed by atoms with Crippen LogP contribution >= 0.6 is 31.9 Å². The molecule has 0 fully saturated rings. The van der Waals surface area contributed by atoms with Crippen molar-refractivity contribution >= 4 is 49.4 Å². The number of hydrogen-bond donors (Lipinski definition) is 1. The van der Waals surface area contributed by atoms with E-state index in [1.165, 1.54) is 22.4 Å². The Bertz CT molecular complexity index is 1510. The highest BCUT2D eigenvalue weighted by Gasteiger charge is 2.37. The van der Waals surface area contributed by atoms with E-state index < -0.39 is 0 Å². The van der Waals surface area contributed by atoms with Crippen LogP contribution in [0.3, 0.4) is 0 Å². The summed E-state index contributed by atoms with van der Waals surface area (Å²) < 4.78 is 8.19. The first-order valence-corrected chi connectivity index (χ1v) is 14.5. The molecule has 1 heterocycles. The van der Waals surface area contributed by atoms with E-state index in [2.05, 4.69) is 111 Å². The van der Waals surface area contributed by atoms with Crippen LogP contribution in [0.4, 0.5) is 11.4 Å². The Morgan fingerprint density at radius 3 is 2.53 bits per heavy atom. The Labute approximate surface area is 240 Å². The second-order valence-electron chi connectivity index (χ2n) is 10.0. The van der Waals surface area contributed by atoms with Gasteiger partial charge in [-0.3, -0.25) is 4.99 Å². The lowest BCUT2D eigenvalue weighted by Gasteiger charge is -2.37. The first kappa shape index (κ1) is 25.1. The van der Waals surface area contributed by atoms with Crippen LogP contribution in [0.15, 0.2) is 111 Å². The van der Waals surface area contributed by atoms with Crippen LogP contribution in [0.25, 0.3) is 0 Å². The fourth-order valence-corrected chi connectivity index (χ4v) is 6.09. The summed E-state index contributed by atoms with van der Waals surface area (Å²) in [7, 11) is 0. The molecule has 0 unspecified atom stereocenters. The van der Waals surface area contributed by atoms with E-state index in [0.717, 1.165) is 37.9 Å². The van der Waals surface area contributed by atoms with Crippen LogP contribution in [-0.2, 0) is 6.61 Å². The van der Waals surface area contributed by atoms with Gasteiger partial charge in [0.05, 0.1) is 11.7 Å². The molecular weight excluding hydrogens is 600 g/mol. The fraction of sp³-hybridized carbons (Fsp3) is 0.182. The quantitative estimate of drug-likeness (QED) is 0.170. The van der Waals surface area contributed by atoms with E-state index in [9.17, 15) is 0 Å². The average Bonchev–Trinajstić information content (AvgIpc) is 3.43. The van der Waals surface area contributed by atoms with Gasteiger partial charge < -0.3 is 10.1 Å². The third-order valence-corrected chi connectivity index (χ3v) is 8.42. The third kappa shape index (κ3) is 5.36. The number of nitrogens with one attached hydrogen (secondary N) is 1. The van der Waals surface area contributed by atoms with Gasteiger partial charge in [0.25, 0.3) is 0 Å². The number of allylic oxidation sites excluding steroid dienone is 2. The van der Waals surface area contributed by atoms with Gasteiger partial charge in [-0.1, -0.05) is 86.0 Å². The van der Waals surface area contributed by atoms with Crippen molar-refractivity contribution in [2.45, 2.75) is 31.9 Å². The van der Waals surface area contributed by atoms with Crippen LogP contribution in [0.2, 0.25) is 0 Å². The molecule has 0 spiro atoms. The van der Waals surface area contributed by atoms with Crippen molar-refractivity contribution in [1.29, 1.82) is 0 Å². The maximum atomic E-state index is 6.14. The molecule has 6 rings (SSSR count). The molecule has 4 aromatic rings. The molecule has 0 amide bonds. The number of halogens is 2. The lowest BCUT2D eigenvalue weighted by atomic mass is 9.76. The van der Waals surface area contributed by atoms with Gasteiger partial charge in [-0.2, -0.15) is 0 Å². The lowest BCUT2D eigenvalue weighted by molar-refractivity contribution is 0.306. The molecule has 0 saturated carbocycles. The first-order chi connectivity index (χ1) is 18.5. The number of aliphatic imine (C=N–C) groups is 1. The van der Waals surface area contributed by atoms with Gasteiger partial charge in [-0.15, -0.1) is 0 Å². The molecule has 3 nitrogen and oxygen atoms in total. The summed E-state index contributed by atoms with van der Waals surface area (Å²) in [6, 6.07) is 29.9. The zero-order valence-corrected chi connectivity index (χ0v) is 24.2. The number of rotatable bonds is 6. The van der Waals surface area contributed by atoms with Crippen LogP contribution in [-0.4, -0.2) is 6.21 Å². The fourth-order valence-electron chi connectivity index (χ4n) is 5.45. The van der Waals surface area contributed by atoms with E-state index in [4.69, 9.17) is 9.73 Å². The molecular formula is C33H28Br2N2O. The maximum Gasteiger partial charge on any atom is 0.128 e. The van der Waals surface area contributed by atoms with Crippen molar-refractivity contribution < 1.29 is 4.74 Å². The van der Waals surface area contributed by atoms with Crippen molar-refractivity contribution in [3.63, 3.8) is 0 Å². The van der Waals surface area contributed by atoms with Crippen molar-refractivity contribution in [2.24, 2.45) is 10.9 Å². The van der Waals surface area contributed by atoms with Gasteiger partial charge in [0, 0.05) is 32.3 Å². The molecule has 0 radical (unpaired) electrons. The molecule has 1 aliphatic carbocycles.